The van der Waals surface area contributed by atoms with Gasteiger partial charge in [0.25, 0.3) is 0 Å². The van der Waals surface area contributed by atoms with Gasteiger partial charge in [0, 0.05) is 17.5 Å². The lowest BCUT2D eigenvalue weighted by Gasteiger charge is -2.11. The van der Waals surface area contributed by atoms with Gasteiger partial charge in [-0.15, -0.1) is 5.10 Å². The number of hydrogen-bond acceptors (Lipinski definition) is 4. The molecule has 0 aliphatic carbocycles. The Morgan fingerprint density at radius 3 is 2.43 bits per heavy atom. The number of H-pyrrole nitrogens is 1. The van der Waals surface area contributed by atoms with Crippen molar-refractivity contribution in [3.63, 3.8) is 0 Å². The highest BCUT2D eigenvalue weighted by Crippen LogP contribution is 2.30. The molecule has 2 heterocycles. The van der Waals surface area contributed by atoms with Gasteiger partial charge in [0.15, 0.2) is 5.82 Å². The lowest BCUT2D eigenvalue weighted by Crippen LogP contribution is -2.25. The largest absolute Gasteiger partial charge is 0.333 e. The molecule has 0 saturated carbocycles. The second-order valence-electron chi connectivity index (χ2n) is 9.06. The molecular formula is C29H29ClN6O. The van der Waals surface area contributed by atoms with Gasteiger partial charge in [0.1, 0.15) is 0 Å². The zero-order chi connectivity index (χ0) is 25.8. The zero-order valence-electron chi connectivity index (χ0n) is 21.0. The summed E-state index contributed by atoms with van der Waals surface area (Å²) in [5.41, 5.74) is 6.85. The van der Waals surface area contributed by atoms with E-state index in [1.807, 2.05) is 47.2 Å². The van der Waals surface area contributed by atoms with Gasteiger partial charge in [-0.05, 0) is 58.0 Å². The van der Waals surface area contributed by atoms with Crippen LogP contribution in [0.3, 0.4) is 0 Å². The highest BCUT2D eigenvalue weighted by Gasteiger charge is 2.17. The van der Waals surface area contributed by atoms with Crippen molar-refractivity contribution in [3.8, 4) is 28.2 Å². The minimum atomic E-state index is -0.0684. The number of tetrazole rings is 1. The Morgan fingerprint density at radius 1 is 0.946 bits per heavy atom. The summed E-state index contributed by atoms with van der Waals surface area (Å²) >= 11 is 6.58. The van der Waals surface area contributed by atoms with Crippen molar-refractivity contribution in [3.05, 3.63) is 105 Å². The fourth-order valence-electron chi connectivity index (χ4n) is 4.72. The first-order chi connectivity index (χ1) is 18.1. The van der Waals surface area contributed by atoms with E-state index in [2.05, 4.69) is 64.8 Å². The number of halogens is 1. The maximum atomic E-state index is 13.7. The highest BCUT2D eigenvalue weighted by molar-refractivity contribution is 6.32. The molecule has 188 valence electrons. The van der Waals surface area contributed by atoms with Crippen LogP contribution < -0.4 is 5.69 Å². The van der Waals surface area contributed by atoms with Crippen LogP contribution in [0, 0.1) is 0 Å². The molecule has 1 N–H and O–H groups in total. The van der Waals surface area contributed by atoms with Crippen molar-refractivity contribution in [1.29, 1.82) is 0 Å². The van der Waals surface area contributed by atoms with Gasteiger partial charge in [0.05, 0.1) is 17.3 Å². The smallest absolute Gasteiger partial charge is 0.292 e. The first-order valence-electron chi connectivity index (χ1n) is 12.6. The van der Waals surface area contributed by atoms with Gasteiger partial charge in [-0.2, -0.15) is 0 Å². The summed E-state index contributed by atoms with van der Waals surface area (Å²) in [7, 11) is 0. The average molecular weight is 513 g/mol. The van der Waals surface area contributed by atoms with Gasteiger partial charge in [-0.1, -0.05) is 92.5 Å². The molecule has 7 nitrogen and oxygen atoms in total. The summed E-state index contributed by atoms with van der Waals surface area (Å²) in [6.07, 6.45) is 5.67. The third-order valence-corrected chi connectivity index (χ3v) is 6.98. The molecule has 0 bridgehead atoms. The van der Waals surface area contributed by atoms with Gasteiger partial charge >= 0.3 is 5.69 Å². The molecule has 5 aromatic rings. The second-order valence-corrected chi connectivity index (χ2v) is 9.46. The molecule has 8 heteroatoms. The van der Waals surface area contributed by atoms with Crippen molar-refractivity contribution < 1.29 is 0 Å². The fourth-order valence-corrected chi connectivity index (χ4v) is 5.00. The summed E-state index contributed by atoms with van der Waals surface area (Å²) in [6, 6.07) is 22.1. The summed E-state index contributed by atoms with van der Waals surface area (Å²) in [5.74, 6) is 0.624. The van der Waals surface area contributed by atoms with Crippen LogP contribution in [0.5, 0.6) is 0 Å². The van der Waals surface area contributed by atoms with Crippen LogP contribution in [0.1, 0.15) is 43.5 Å². The molecule has 0 aliphatic heterocycles. The molecule has 5 rings (SSSR count). The molecule has 0 unspecified atom stereocenters. The van der Waals surface area contributed by atoms with Crippen LogP contribution in [0.2, 0.25) is 5.02 Å². The molecule has 37 heavy (non-hydrogen) atoms. The molecule has 0 radical (unpaired) electrons. The molecule has 0 aliphatic rings. The Balaban J connectivity index is 1.50. The van der Waals surface area contributed by atoms with Gasteiger partial charge < -0.3 is 0 Å². The van der Waals surface area contributed by atoms with Crippen molar-refractivity contribution in [2.75, 3.05) is 0 Å². The predicted octanol–water partition coefficient (Wildman–Crippen LogP) is 6.09. The summed E-state index contributed by atoms with van der Waals surface area (Å²) in [6.45, 7) is 4.73. The highest BCUT2D eigenvalue weighted by atomic mass is 35.5. The molecule has 0 spiro atoms. The fraction of sp³-hybridized carbons (Fsp3) is 0.241. The summed E-state index contributed by atoms with van der Waals surface area (Å²) in [5, 5.41) is 14.9. The lowest BCUT2D eigenvalue weighted by atomic mass is 9.98. The van der Waals surface area contributed by atoms with E-state index in [-0.39, 0.29) is 5.69 Å². The first kappa shape index (κ1) is 24.7. The molecule has 0 fully saturated rings. The minimum Gasteiger partial charge on any atom is -0.292 e. The normalized spacial score (nSPS) is 11.2. The third kappa shape index (κ3) is 5.00. The van der Waals surface area contributed by atoms with Crippen LogP contribution in [-0.4, -0.2) is 29.8 Å². The van der Waals surface area contributed by atoms with Crippen molar-refractivity contribution in [1.82, 2.24) is 29.8 Å². The van der Waals surface area contributed by atoms with Crippen LogP contribution in [0.15, 0.2) is 77.7 Å². The third-order valence-electron chi connectivity index (χ3n) is 6.67. The van der Waals surface area contributed by atoms with E-state index in [1.165, 1.54) is 0 Å². The van der Waals surface area contributed by atoms with Crippen molar-refractivity contribution in [2.24, 2.45) is 0 Å². The molecule has 3 aromatic carbocycles. The number of aromatic amines is 1. The van der Waals surface area contributed by atoms with E-state index in [0.717, 1.165) is 64.9 Å². The summed E-state index contributed by atoms with van der Waals surface area (Å²) < 4.78 is 3.60. The van der Waals surface area contributed by atoms with Crippen LogP contribution in [0.4, 0.5) is 0 Å². The molecule has 0 saturated heterocycles. The number of hydrogen-bond donors (Lipinski definition) is 1. The van der Waals surface area contributed by atoms with E-state index in [4.69, 9.17) is 11.6 Å². The summed E-state index contributed by atoms with van der Waals surface area (Å²) in [4.78, 5) is 13.7. The zero-order valence-corrected chi connectivity index (χ0v) is 21.7. The Hall–Kier alpha value is -3.97. The Bertz CT molecular complexity index is 1550. The van der Waals surface area contributed by atoms with E-state index in [0.29, 0.717) is 17.4 Å². The number of nitrogens with one attached hydrogen (secondary N) is 1. The van der Waals surface area contributed by atoms with Crippen molar-refractivity contribution >= 4 is 11.6 Å². The quantitative estimate of drug-likeness (QED) is 0.259. The lowest BCUT2D eigenvalue weighted by molar-refractivity contribution is 0.673. The maximum Gasteiger partial charge on any atom is 0.333 e. The molecular weight excluding hydrogens is 484 g/mol. The second kappa shape index (κ2) is 11.0. The molecule has 2 aromatic heterocycles. The number of para-hydroxylation sites is 1. The standard InChI is InChI=1S/C29H29ClN6O/c1-3-5-10-23-19-36(27-21(4-2)9-8-13-26(27)30)29(37)35(23)18-20-14-16-22(17-15-20)24-11-6-7-12-25(24)28-31-33-34-32-28/h6-9,11-17,19H,3-5,10,18H2,1-2H3,(H,31,32,33,34). The van der Waals surface area contributed by atoms with Crippen LogP contribution in [0.25, 0.3) is 28.2 Å². The minimum absolute atomic E-state index is 0.0684. The number of imidazole rings is 1. The maximum absolute atomic E-state index is 13.7. The molecule has 0 amide bonds. The monoisotopic (exact) mass is 512 g/mol. The SMILES string of the molecule is CCCCc1cn(-c2c(Cl)cccc2CC)c(=O)n1Cc1ccc(-c2ccccc2-c2nnn[nH]2)cc1. The van der Waals surface area contributed by atoms with Crippen LogP contribution in [-0.2, 0) is 19.4 Å². The molecule has 0 atom stereocenters. The number of unbranched alkanes of at least 4 members (excludes halogenated alkanes) is 1. The number of aromatic nitrogens is 6. The Kier molecular flexibility index (Phi) is 7.32. The number of nitrogens with zero attached hydrogens (tertiary/aromatic N) is 5. The topological polar surface area (TPSA) is 81.4 Å². The van der Waals surface area contributed by atoms with E-state index >= 15 is 0 Å². The predicted molar refractivity (Wildman–Crippen MR) is 147 cm³/mol. The van der Waals surface area contributed by atoms with Crippen LogP contribution >= 0.6 is 11.6 Å². The number of rotatable bonds is 9. The van der Waals surface area contributed by atoms with E-state index in [1.54, 1.807) is 4.57 Å². The van der Waals surface area contributed by atoms with E-state index < -0.39 is 0 Å². The van der Waals surface area contributed by atoms with E-state index in [9.17, 15) is 4.79 Å². The number of benzene rings is 3. The van der Waals surface area contributed by atoms with Gasteiger partial charge in [-0.3, -0.25) is 9.13 Å². The van der Waals surface area contributed by atoms with Crippen molar-refractivity contribution in [2.45, 2.75) is 46.1 Å². The Labute approximate surface area is 220 Å². The Morgan fingerprint density at radius 2 is 1.73 bits per heavy atom. The van der Waals surface area contributed by atoms with Gasteiger partial charge in [0.2, 0.25) is 0 Å². The average Bonchev–Trinajstić information content (AvgIpc) is 3.57. The number of aryl methyl sites for hydroxylation is 2. The van der Waals surface area contributed by atoms with Gasteiger partial charge in [-0.25, -0.2) is 9.89 Å². The first-order valence-corrected chi connectivity index (χ1v) is 13.0.